The Kier molecular flexibility index (Phi) is 4.73. The highest BCUT2D eigenvalue weighted by molar-refractivity contribution is 6.74. The summed E-state index contributed by atoms with van der Waals surface area (Å²) in [7, 11) is -1.69. The summed E-state index contributed by atoms with van der Waals surface area (Å²) >= 11 is 0. The van der Waals surface area contributed by atoms with Crippen LogP contribution in [0.5, 0.6) is 0 Å². The molecule has 1 aliphatic rings. The van der Waals surface area contributed by atoms with Gasteiger partial charge in [-0.1, -0.05) is 27.2 Å². The number of aromatic nitrogens is 2. The van der Waals surface area contributed by atoms with E-state index in [4.69, 9.17) is 10.2 Å². The molecule has 1 aromatic heterocycles. The first-order valence-corrected chi connectivity index (χ1v) is 10.8. The van der Waals surface area contributed by atoms with Gasteiger partial charge in [0.25, 0.3) is 0 Å². The van der Waals surface area contributed by atoms with E-state index >= 15 is 0 Å². The highest BCUT2D eigenvalue weighted by Crippen LogP contribution is 2.41. The Balaban J connectivity index is 2.03. The first-order valence-electron chi connectivity index (χ1n) is 7.94. The summed E-state index contributed by atoms with van der Waals surface area (Å²) < 4.78 is 6.58. The minimum Gasteiger partial charge on any atom is -0.414 e. The number of nitrogens with two attached hydrogens (primary N) is 1. The van der Waals surface area contributed by atoms with Crippen LogP contribution in [0.15, 0.2) is 12.4 Å². The molecular formula is C16H29N3OSi. The smallest absolute Gasteiger partial charge is 0.192 e. The van der Waals surface area contributed by atoms with Crippen molar-refractivity contribution in [2.45, 2.75) is 76.6 Å². The van der Waals surface area contributed by atoms with Crippen molar-refractivity contribution in [2.24, 2.45) is 0 Å². The Morgan fingerprint density at radius 1 is 1.19 bits per heavy atom. The van der Waals surface area contributed by atoms with Gasteiger partial charge in [-0.15, -0.1) is 0 Å². The molecule has 0 spiro atoms. The van der Waals surface area contributed by atoms with E-state index < -0.39 is 8.32 Å². The molecule has 2 atom stereocenters. The number of rotatable bonds is 3. The minimum absolute atomic E-state index is 0.265. The largest absolute Gasteiger partial charge is 0.414 e. The van der Waals surface area contributed by atoms with Gasteiger partial charge in [-0.2, -0.15) is 0 Å². The van der Waals surface area contributed by atoms with Crippen LogP contribution in [-0.2, 0) is 4.43 Å². The lowest BCUT2D eigenvalue weighted by Gasteiger charge is -2.41. The summed E-state index contributed by atoms with van der Waals surface area (Å²) in [5.41, 5.74) is 6.68. The van der Waals surface area contributed by atoms with Crippen molar-refractivity contribution in [1.29, 1.82) is 0 Å². The van der Waals surface area contributed by atoms with Crippen LogP contribution in [0, 0.1) is 0 Å². The van der Waals surface area contributed by atoms with E-state index in [9.17, 15) is 0 Å². The van der Waals surface area contributed by atoms with Crippen molar-refractivity contribution >= 4 is 14.1 Å². The zero-order valence-electron chi connectivity index (χ0n) is 14.0. The highest BCUT2D eigenvalue weighted by Gasteiger charge is 2.40. The Hall–Kier alpha value is -0.943. The van der Waals surface area contributed by atoms with Crippen LogP contribution in [0.3, 0.4) is 0 Å². The SMILES string of the molecule is CC(C)(C)[Si](C)(C)O[C@H]1CCC[C@@H](c2cnc(N)cn2)C1. The van der Waals surface area contributed by atoms with Gasteiger partial charge in [0.1, 0.15) is 5.82 Å². The van der Waals surface area contributed by atoms with Gasteiger partial charge in [0.2, 0.25) is 0 Å². The summed E-state index contributed by atoms with van der Waals surface area (Å²) in [5.74, 6) is 0.949. The quantitative estimate of drug-likeness (QED) is 0.854. The number of nitrogens with zero attached hydrogens (tertiary/aromatic N) is 2. The van der Waals surface area contributed by atoms with Gasteiger partial charge in [0.05, 0.1) is 18.1 Å². The molecule has 2 N–H and O–H groups in total. The Labute approximate surface area is 129 Å². The molecule has 0 bridgehead atoms. The van der Waals surface area contributed by atoms with E-state index in [1.54, 1.807) is 6.20 Å². The summed E-state index contributed by atoms with van der Waals surface area (Å²) in [6.45, 7) is 11.6. The van der Waals surface area contributed by atoms with Crippen molar-refractivity contribution in [3.63, 3.8) is 0 Å². The van der Waals surface area contributed by atoms with Gasteiger partial charge in [-0.05, 0) is 37.4 Å². The van der Waals surface area contributed by atoms with Crippen molar-refractivity contribution in [1.82, 2.24) is 9.97 Å². The molecule has 5 heteroatoms. The lowest BCUT2D eigenvalue weighted by atomic mass is 9.85. The Bertz CT molecular complexity index is 467. The molecule has 1 aliphatic carbocycles. The lowest BCUT2D eigenvalue weighted by Crippen LogP contribution is -2.44. The molecule has 21 heavy (non-hydrogen) atoms. The minimum atomic E-state index is -1.69. The second-order valence-electron chi connectivity index (χ2n) is 7.73. The first kappa shape index (κ1) is 16.4. The fourth-order valence-electron chi connectivity index (χ4n) is 2.67. The fourth-order valence-corrected chi connectivity index (χ4v) is 4.07. The molecule has 118 valence electrons. The van der Waals surface area contributed by atoms with E-state index in [-0.39, 0.29) is 5.04 Å². The summed E-state index contributed by atoms with van der Waals surface area (Å²) in [4.78, 5) is 8.63. The first-order chi connectivity index (χ1) is 9.69. The van der Waals surface area contributed by atoms with Gasteiger partial charge in [-0.3, -0.25) is 4.98 Å². The van der Waals surface area contributed by atoms with E-state index in [1.165, 1.54) is 19.3 Å². The number of anilines is 1. The van der Waals surface area contributed by atoms with Gasteiger partial charge < -0.3 is 10.2 Å². The average Bonchev–Trinajstić information content (AvgIpc) is 2.38. The molecular weight excluding hydrogens is 278 g/mol. The molecule has 1 saturated carbocycles. The molecule has 0 radical (unpaired) electrons. The third-order valence-electron chi connectivity index (χ3n) is 5.00. The Morgan fingerprint density at radius 2 is 1.90 bits per heavy atom. The predicted molar refractivity (Wildman–Crippen MR) is 89.7 cm³/mol. The van der Waals surface area contributed by atoms with Gasteiger partial charge in [0.15, 0.2) is 8.32 Å². The van der Waals surface area contributed by atoms with Gasteiger partial charge in [0, 0.05) is 12.0 Å². The highest BCUT2D eigenvalue weighted by atomic mass is 28.4. The fraction of sp³-hybridized carbons (Fsp3) is 0.750. The standard InChI is InChI=1S/C16H29N3OSi/c1-16(2,3)21(4,5)20-13-8-6-7-12(9-13)14-10-19-15(17)11-18-14/h10-13H,6-9H2,1-5H3,(H2,17,19)/t12-,13+/m1/s1. The summed E-state index contributed by atoms with van der Waals surface area (Å²) in [6, 6.07) is 0. The number of hydrogen-bond donors (Lipinski definition) is 1. The van der Waals surface area contributed by atoms with Crippen LogP contribution < -0.4 is 5.73 Å². The zero-order chi connectivity index (χ0) is 15.7. The van der Waals surface area contributed by atoms with Gasteiger partial charge >= 0.3 is 0 Å². The topological polar surface area (TPSA) is 61.0 Å². The van der Waals surface area contributed by atoms with Gasteiger partial charge in [-0.25, -0.2) is 4.98 Å². The average molecular weight is 308 g/mol. The van der Waals surface area contributed by atoms with Crippen molar-refractivity contribution < 1.29 is 4.43 Å². The monoisotopic (exact) mass is 307 g/mol. The molecule has 1 aromatic rings. The number of nitrogen functional groups attached to an aromatic ring is 1. The molecule has 0 aliphatic heterocycles. The second-order valence-corrected chi connectivity index (χ2v) is 12.5. The molecule has 4 nitrogen and oxygen atoms in total. The second kappa shape index (κ2) is 6.05. The third-order valence-corrected chi connectivity index (χ3v) is 9.54. The summed E-state index contributed by atoms with van der Waals surface area (Å²) in [5, 5.41) is 0.265. The molecule has 0 amide bonds. The predicted octanol–water partition coefficient (Wildman–Crippen LogP) is 4.11. The van der Waals surface area contributed by atoms with E-state index in [2.05, 4.69) is 43.8 Å². The van der Waals surface area contributed by atoms with Crippen LogP contribution >= 0.6 is 0 Å². The molecule has 0 unspecified atom stereocenters. The van der Waals surface area contributed by atoms with E-state index in [0.717, 1.165) is 12.1 Å². The molecule has 2 rings (SSSR count). The maximum Gasteiger partial charge on any atom is 0.192 e. The van der Waals surface area contributed by atoms with Crippen LogP contribution in [0.1, 0.15) is 58.1 Å². The van der Waals surface area contributed by atoms with Crippen LogP contribution in [0.25, 0.3) is 0 Å². The van der Waals surface area contributed by atoms with E-state index in [0.29, 0.717) is 17.8 Å². The molecule has 1 fully saturated rings. The Morgan fingerprint density at radius 3 is 2.48 bits per heavy atom. The third kappa shape index (κ3) is 4.04. The normalized spacial score (nSPS) is 24.0. The molecule has 0 aromatic carbocycles. The maximum absolute atomic E-state index is 6.58. The van der Waals surface area contributed by atoms with E-state index in [1.807, 2.05) is 6.20 Å². The van der Waals surface area contributed by atoms with Crippen LogP contribution in [0.4, 0.5) is 5.82 Å². The van der Waals surface area contributed by atoms with Crippen LogP contribution in [0.2, 0.25) is 18.1 Å². The van der Waals surface area contributed by atoms with Crippen molar-refractivity contribution in [3.05, 3.63) is 18.1 Å². The molecule has 0 saturated heterocycles. The van der Waals surface area contributed by atoms with Crippen LogP contribution in [-0.4, -0.2) is 24.4 Å². The van der Waals surface area contributed by atoms with Crippen molar-refractivity contribution in [3.8, 4) is 0 Å². The molecule has 1 heterocycles. The number of hydrogen-bond acceptors (Lipinski definition) is 4. The van der Waals surface area contributed by atoms with Crippen molar-refractivity contribution in [2.75, 3.05) is 5.73 Å². The zero-order valence-corrected chi connectivity index (χ0v) is 15.0. The lowest BCUT2D eigenvalue weighted by molar-refractivity contribution is 0.126. The maximum atomic E-state index is 6.58. The summed E-state index contributed by atoms with van der Waals surface area (Å²) in [6.07, 6.45) is 8.47.